The predicted molar refractivity (Wildman–Crippen MR) is 231 cm³/mol. The number of hydrogen-bond donors (Lipinski definition) is 0. The average molecular weight is 662 g/mol. The Bertz CT molecular complexity index is 2760. The molecule has 0 aliphatic carbocycles. The van der Waals surface area contributed by atoms with Gasteiger partial charge >= 0.3 is 0 Å². The third kappa shape index (κ3) is 5.42. The first kappa shape index (κ1) is 32.8. The molecule has 0 fully saturated rings. The van der Waals surface area contributed by atoms with Crippen LogP contribution < -0.4 is 32.2 Å². The first-order valence-corrected chi connectivity index (χ1v) is 17.5. The van der Waals surface area contributed by atoms with Crippen LogP contribution in [0.5, 0.6) is 0 Å². The van der Waals surface area contributed by atoms with Crippen molar-refractivity contribution in [2.75, 3.05) is 4.90 Å². The van der Waals surface area contributed by atoms with E-state index in [0.29, 0.717) is 5.69 Å². The summed E-state index contributed by atoms with van der Waals surface area (Å²) < 4.78 is 2.28. The highest BCUT2D eigenvalue weighted by molar-refractivity contribution is 6.69. The normalized spacial score (nSPS) is 11.4. The van der Waals surface area contributed by atoms with Gasteiger partial charge in [-0.2, -0.15) is 0 Å². The number of rotatable bonds is 6. The van der Waals surface area contributed by atoms with Gasteiger partial charge in [-0.05, 0) is 75.5 Å². The lowest BCUT2D eigenvalue weighted by atomic mass is 9.61. The molecular weight excluding hydrogens is 635 g/mol. The Hall–Kier alpha value is -6.06. The third-order valence-electron chi connectivity index (χ3n) is 10.2. The highest BCUT2D eigenvalue weighted by Crippen LogP contribution is 2.40. The van der Waals surface area contributed by atoms with Crippen LogP contribution >= 0.6 is 0 Å². The first-order chi connectivity index (χ1) is 25.9. The molecule has 7 heteroatoms. The number of aromatic nitrogens is 1. The molecule has 0 spiro atoms. The predicted octanol–water partition coefficient (Wildman–Crippen LogP) is 6.71. The summed E-state index contributed by atoms with van der Waals surface area (Å²) in [5, 5.41) is 4.72. The van der Waals surface area contributed by atoms with Crippen LogP contribution in [0.1, 0.15) is 0 Å². The van der Waals surface area contributed by atoms with Crippen molar-refractivity contribution < 1.29 is 0 Å². The van der Waals surface area contributed by atoms with Crippen LogP contribution in [0, 0.1) is 0 Å². The smallest absolute Gasteiger partial charge is 0.115 e. The van der Waals surface area contributed by atoms with E-state index in [2.05, 4.69) is 150 Å². The monoisotopic (exact) mass is 662 g/mol. The lowest BCUT2D eigenvalue weighted by molar-refractivity contribution is 1.17. The number of fused-ring (bicyclic) bond motifs is 4. The lowest BCUT2D eigenvalue weighted by Crippen LogP contribution is -2.56. The van der Waals surface area contributed by atoms with Gasteiger partial charge in [0.05, 0.1) is 11.0 Å². The van der Waals surface area contributed by atoms with Gasteiger partial charge in [-0.25, -0.2) is 0 Å². The molecule has 53 heavy (non-hydrogen) atoms. The van der Waals surface area contributed by atoms with Crippen molar-refractivity contribution in [1.29, 1.82) is 0 Å². The maximum atomic E-state index is 6.78. The van der Waals surface area contributed by atoms with E-state index >= 15 is 0 Å². The molecule has 2 nitrogen and oxygen atoms in total. The Morgan fingerprint density at radius 3 is 1.51 bits per heavy atom. The van der Waals surface area contributed by atoms with Crippen molar-refractivity contribution in [3.63, 3.8) is 0 Å². The summed E-state index contributed by atoms with van der Waals surface area (Å²) in [6.45, 7) is 0. The SMILES string of the molecule is [B]c1c([B])c([B])c(N(c2ccc(-c3cccc4cccc(-c5ccccc5)c34)cc2)c2cccc(-n3c4ccccc4c4ccccc43)c2)c([B])c1[B]. The summed E-state index contributed by atoms with van der Waals surface area (Å²) in [6, 6.07) is 57.0. The number of hydrogen-bond acceptors (Lipinski definition) is 1. The maximum absolute atomic E-state index is 6.78. The van der Waals surface area contributed by atoms with Gasteiger partial charge in [-0.3, -0.25) is 0 Å². The van der Waals surface area contributed by atoms with Crippen molar-refractivity contribution >= 4 is 116 Å². The highest BCUT2D eigenvalue weighted by Gasteiger charge is 2.21. The molecule has 0 saturated heterocycles. The van der Waals surface area contributed by atoms with Gasteiger partial charge in [0.15, 0.2) is 0 Å². The Morgan fingerprint density at radius 1 is 0.396 bits per heavy atom. The number of para-hydroxylation sites is 2. The minimum Gasteiger partial charge on any atom is -0.312 e. The average Bonchev–Trinajstić information content (AvgIpc) is 3.55. The van der Waals surface area contributed by atoms with Crippen LogP contribution in [0.2, 0.25) is 0 Å². The zero-order valence-electron chi connectivity index (χ0n) is 28.9. The molecule has 0 N–H and O–H groups in total. The van der Waals surface area contributed by atoms with E-state index in [1.807, 2.05) is 23.1 Å². The van der Waals surface area contributed by atoms with Gasteiger partial charge in [0.25, 0.3) is 0 Å². The molecule has 9 rings (SSSR count). The second kappa shape index (κ2) is 13.2. The molecule has 9 aromatic rings. The number of nitrogens with zero attached hydrogens (tertiary/aromatic N) is 2. The zero-order chi connectivity index (χ0) is 36.2. The molecular formula is C46H27B5N2. The molecule has 1 heterocycles. The van der Waals surface area contributed by atoms with E-state index in [4.69, 9.17) is 39.2 Å². The Labute approximate surface area is 316 Å². The quantitative estimate of drug-likeness (QED) is 0.180. The third-order valence-corrected chi connectivity index (χ3v) is 10.2. The Kier molecular flexibility index (Phi) is 8.16. The lowest BCUT2D eigenvalue weighted by Gasteiger charge is -2.33. The van der Waals surface area contributed by atoms with Gasteiger partial charge in [0, 0.05) is 33.5 Å². The van der Waals surface area contributed by atoms with Gasteiger partial charge in [-0.1, -0.05) is 132 Å². The molecule has 236 valence electrons. The van der Waals surface area contributed by atoms with E-state index in [0.717, 1.165) is 39.2 Å². The molecule has 10 radical (unpaired) electrons. The van der Waals surface area contributed by atoms with Gasteiger partial charge in [0.2, 0.25) is 0 Å². The van der Waals surface area contributed by atoms with Crippen LogP contribution in [0.15, 0.2) is 164 Å². The van der Waals surface area contributed by atoms with Crippen LogP contribution in [0.4, 0.5) is 17.1 Å². The van der Waals surface area contributed by atoms with Crippen molar-refractivity contribution in [1.82, 2.24) is 4.57 Å². The highest BCUT2D eigenvalue weighted by atomic mass is 15.1. The molecule has 1 aromatic heterocycles. The molecule has 0 atom stereocenters. The minimum atomic E-state index is 0.170. The second-order valence-electron chi connectivity index (χ2n) is 13.3. The molecule has 0 bridgehead atoms. The summed E-state index contributed by atoms with van der Waals surface area (Å²) in [7, 11) is 32.8. The molecule has 0 unspecified atom stereocenters. The molecule has 0 amide bonds. The van der Waals surface area contributed by atoms with Crippen LogP contribution in [0.3, 0.4) is 0 Å². The van der Waals surface area contributed by atoms with Crippen LogP contribution in [-0.2, 0) is 0 Å². The number of benzene rings is 8. The largest absolute Gasteiger partial charge is 0.312 e. The summed E-state index contributed by atoms with van der Waals surface area (Å²) in [6.07, 6.45) is 0. The fourth-order valence-corrected chi connectivity index (χ4v) is 7.69. The Morgan fingerprint density at radius 2 is 0.906 bits per heavy atom. The van der Waals surface area contributed by atoms with Crippen LogP contribution in [0.25, 0.3) is 60.5 Å². The second-order valence-corrected chi connectivity index (χ2v) is 13.3. The topological polar surface area (TPSA) is 8.17 Å². The van der Waals surface area contributed by atoms with E-state index in [9.17, 15) is 0 Å². The fourth-order valence-electron chi connectivity index (χ4n) is 7.69. The summed E-state index contributed by atoms with van der Waals surface area (Å²) in [4.78, 5) is 2.01. The molecule has 0 aliphatic rings. The Balaban J connectivity index is 1.24. The summed E-state index contributed by atoms with van der Waals surface area (Å²) >= 11 is 0. The summed E-state index contributed by atoms with van der Waals surface area (Å²) in [5.41, 5.74) is 10.9. The summed E-state index contributed by atoms with van der Waals surface area (Å²) in [5.74, 6) is 0. The molecule has 0 saturated carbocycles. The molecule has 0 aliphatic heterocycles. The van der Waals surface area contributed by atoms with E-state index in [1.54, 1.807) is 0 Å². The fraction of sp³-hybridized carbons (Fsp3) is 0. The van der Waals surface area contributed by atoms with E-state index in [-0.39, 0.29) is 27.3 Å². The van der Waals surface area contributed by atoms with Gasteiger partial charge < -0.3 is 9.47 Å². The van der Waals surface area contributed by atoms with Crippen molar-refractivity contribution in [2.45, 2.75) is 0 Å². The van der Waals surface area contributed by atoms with E-state index in [1.165, 1.54) is 32.7 Å². The van der Waals surface area contributed by atoms with E-state index < -0.39 is 0 Å². The van der Waals surface area contributed by atoms with Crippen molar-refractivity contribution in [2.24, 2.45) is 0 Å². The van der Waals surface area contributed by atoms with Gasteiger partial charge in [0.1, 0.15) is 39.2 Å². The molecule has 8 aromatic carbocycles. The maximum Gasteiger partial charge on any atom is 0.115 e. The van der Waals surface area contributed by atoms with Crippen LogP contribution in [-0.4, -0.2) is 43.8 Å². The standard InChI is InChI=1S/C46H27B5N2/c47-41-42(48)44(50)46(45(51)43(41)49)52(32-15-10-16-33(27-32)53-38-21-6-4-17-36(38)37-18-5-7-22-39(37)53)31-25-23-29(24-26-31)35-20-9-14-30-13-8-19-34(40(30)35)28-11-2-1-3-12-28/h1-27H. The number of anilines is 3. The minimum absolute atomic E-state index is 0.170. The zero-order valence-corrected chi connectivity index (χ0v) is 28.9. The first-order valence-electron chi connectivity index (χ1n) is 17.5. The van der Waals surface area contributed by atoms with Gasteiger partial charge in [-0.15, -0.1) is 16.4 Å². The van der Waals surface area contributed by atoms with Crippen molar-refractivity contribution in [3.8, 4) is 27.9 Å². The van der Waals surface area contributed by atoms with Crippen molar-refractivity contribution in [3.05, 3.63) is 164 Å².